The van der Waals surface area contributed by atoms with Crippen LogP contribution in [0.15, 0.2) is 12.1 Å². The number of hydrogen-bond acceptors (Lipinski definition) is 2. The van der Waals surface area contributed by atoms with Crippen LogP contribution in [0.2, 0.25) is 0 Å². The van der Waals surface area contributed by atoms with E-state index in [4.69, 9.17) is 0 Å². The van der Waals surface area contributed by atoms with Crippen molar-refractivity contribution in [3.05, 3.63) is 23.5 Å². The maximum Gasteiger partial charge on any atom is 0.0606 e. The first-order valence-electron chi connectivity index (χ1n) is 5.91. The fourth-order valence-electron chi connectivity index (χ4n) is 2.09. The maximum absolute atomic E-state index is 4.48. The van der Waals surface area contributed by atoms with Crippen molar-refractivity contribution in [2.45, 2.75) is 46.1 Å². The van der Waals surface area contributed by atoms with Crippen LogP contribution in [0.25, 0.3) is 0 Å². The monoisotopic (exact) mass is 204 g/mol. The van der Waals surface area contributed by atoms with Crippen LogP contribution in [0.4, 0.5) is 5.69 Å². The van der Waals surface area contributed by atoms with E-state index < -0.39 is 0 Å². The lowest BCUT2D eigenvalue weighted by Crippen LogP contribution is -2.21. The Labute approximate surface area is 92.1 Å². The van der Waals surface area contributed by atoms with Gasteiger partial charge in [0.1, 0.15) is 0 Å². The molecule has 1 aromatic rings. The first kappa shape index (κ1) is 10.5. The van der Waals surface area contributed by atoms with E-state index in [1.807, 2.05) is 6.92 Å². The zero-order valence-electron chi connectivity index (χ0n) is 9.88. The summed E-state index contributed by atoms with van der Waals surface area (Å²) in [7, 11) is 0. The number of nitrogens with one attached hydrogen (secondary N) is 1. The topological polar surface area (TPSA) is 24.9 Å². The number of anilines is 1. The molecule has 2 nitrogen and oxygen atoms in total. The fraction of sp³-hybridized carbons (Fsp3) is 0.615. The molecule has 0 aromatic carbocycles. The minimum Gasteiger partial charge on any atom is -0.381 e. The lowest BCUT2D eigenvalue weighted by Gasteiger charge is -2.18. The second-order valence-electron chi connectivity index (χ2n) is 4.58. The molecule has 0 bridgehead atoms. The molecular formula is C13H20N2. The van der Waals surface area contributed by atoms with Gasteiger partial charge in [-0.05, 0) is 51.2 Å². The molecule has 2 heteroatoms. The Balaban J connectivity index is 2.08. The van der Waals surface area contributed by atoms with Crippen molar-refractivity contribution in [1.82, 2.24) is 4.98 Å². The lowest BCUT2D eigenvalue weighted by atomic mass is 10.1. The van der Waals surface area contributed by atoms with E-state index in [1.165, 1.54) is 24.9 Å². The first-order chi connectivity index (χ1) is 7.20. The summed E-state index contributed by atoms with van der Waals surface area (Å²) in [5, 5.41) is 3.62. The molecule has 1 aromatic heterocycles. The highest BCUT2D eigenvalue weighted by Gasteiger charge is 2.29. The first-order valence-corrected chi connectivity index (χ1v) is 5.91. The highest BCUT2D eigenvalue weighted by Crippen LogP contribution is 2.35. The molecule has 82 valence electrons. The van der Waals surface area contributed by atoms with Gasteiger partial charge in [0.05, 0.1) is 11.4 Å². The number of nitrogens with zero attached hydrogens (tertiary/aromatic N) is 1. The van der Waals surface area contributed by atoms with Gasteiger partial charge in [0.25, 0.3) is 0 Å². The van der Waals surface area contributed by atoms with E-state index in [0.29, 0.717) is 6.04 Å². The fourth-order valence-corrected chi connectivity index (χ4v) is 2.09. The summed E-state index contributed by atoms with van der Waals surface area (Å²) in [6.45, 7) is 6.37. The van der Waals surface area contributed by atoms with E-state index in [2.05, 4.69) is 36.3 Å². The van der Waals surface area contributed by atoms with Crippen LogP contribution in [-0.2, 0) is 0 Å². The van der Waals surface area contributed by atoms with Gasteiger partial charge in [-0.1, -0.05) is 6.92 Å². The highest BCUT2D eigenvalue weighted by atomic mass is 15.0. The number of aromatic nitrogens is 1. The summed E-state index contributed by atoms with van der Waals surface area (Å²) in [5.74, 6) is 0.899. The predicted molar refractivity (Wildman–Crippen MR) is 64.1 cm³/mol. The van der Waals surface area contributed by atoms with Gasteiger partial charge in [-0.2, -0.15) is 0 Å². The third-order valence-electron chi connectivity index (χ3n) is 3.20. The smallest absolute Gasteiger partial charge is 0.0606 e. The molecule has 1 aliphatic carbocycles. The van der Waals surface area contributed by atoms with Gasteiger partial charge in [0.2, 0.25) is 0 Å². The molecule has 0 radical (unpaired) electrons. The molecule has 1 unspecified atom stereocenters. The number of hydrogen-bond donors (Lipinski definition) is 1. The van der Waals surface area contributed by atoms with E-state index >= 15 is 0 Å². The second-order valence-corrected chi connectivity index (χ2v) is 4.58. The summed E-state index contributed by atoms with van der Waals surface area (Å²) < 4.78 is 0. The molecule has 0 amide bonds. The van der Waals surface area contributed by atoms with Crippen LogP contribution >= 0.6 is 0 Å². The van der Waals surface area contributed by atoms with Crippen LogP contribution in [-0.4, -0.2) is 11.0 Å². The van der Waals surface area contributed by atoms with Crippen LogP contribution < -0.4 is 5.32 Å². The summed E-state index contributed by atoms with van der Waals surface area (Å²) in [6, 6.07) is 4.88. The molecule has 1 aliphatic rings. The third-order valence-corrected chi connectivity index (χ3v) is 3.20. The molecule has 0 aliphatic heterocycles. The van der Waals surface area contributed by atoms with E-state index in [0.717, 1.165) is 17.3 Å². The van der Waals surface area contributed by atoms with Crippen molar-refractivity contribution < 1.29 is 0 Å². The van der Waals surface area contributed by atoms with Crippen LogP contribution in [0.3, 0.4) is 0 Å². The minimum atomic E-state index is 0.646. The van der Waals surface area contributed by atoms with Gasteiger partial charge in [0.15, 0.2) is 0 Å². The highest BCUT2D eigenvalue weighted by molar-refractivity contribution is 5.48. The third kappa shape index (κ3) is 2.49. The van der Waals surface area contributed by atoms with Crippen molar-refractivity contribution >= 4 is 5.69 Å². The van der Waals surface area contributed by atoms with Gasteiger partial charge in [-0.3, -0.25) is 4.98 Å². The van der Waals surface area contributed by atoms with Crippen molar-refractivity contribution in [3.8, 4) is 0 Å². The summed E-state index contributed by atoms with van der Waals surface area (Å²) >= 11 is 0. The van der Waals surface area contributed by atoms with Gasteiger partial charge in [-0.15, -0.1) is 0 Å². The molecule has 2 rings (SSSR count). The van der Waals surface area contributed by atoms with Crippen molar-refractivity contribution in [3.63, 3.8) is 0 Å². The molecular weight excluding hydrogens is 184 g/mol. The summed E-state index contributed by atoms with van der Waals surface area (Å²) in [5.41, 5.74) is 3.42. The Hall–Kier alpha value is -1.05. The largest absolute Gasteiger partial charge is 0.381 e. The molecule has 0 spiro atoms. The Kier molecular flexibility index (Phi) is 2.94. The Morgan fingerprint density at radius 3 is 2.67 bits per heavy atom. The lowest BCUT2D eigenvalue weighted by molar-refractivity contribution is 0.615. The Bertz CT molecular complexity index is 342. The maximum atomic E-state index is 4.48. The van der Waals surface area contributed by atoms with Gasteiger partial charge < -0.3 is 5.32 Å². The quantitative estimate of drug-likeness (QED) is 0.814. The van der Waals surface area contributed by atoms with Crippen molar-refractivity contribution in [1.29, 1.82) is 0 Å². The minimum absolute atomic E-state index is 0.646. The molecule has 1 heterocycles. The Morgan fingerprint density at radius 1 is 1.40 bits per heavy atom. The Morgan fingerprint density at radius 2 is 2.13 bits per heavy atom. The van der Waals surface area contributed by atoms with Gasteiger partial charge in [0, 0.05) is 11.7 Å². The number of pyridine rings is 1. The van der Waals surface area contributed by atoms with E-state index in [-0.39, 0.29) is 0 Å². The van der Waals surface area contributed by atoms with E-state index in [1.54, 1.807) is 0 Å². The molecule has 1 fully saturated rings. The van der Waals surface area contributed by atoms with Crippen molar-refractivity contribution in [2.24, 2.45) is 5.92 Å². The molecule has 1 atom stereocenters. The zero-order chi connectivity index (χ0) is 10.8. The van der Waals surface area contributed by atoms with Crippen molar-refractivity contribution in [2.75, 3.05) is 5.32 Å². The van der Waals surface area contributed by atoms with Gasteiger partial charge >= 0.3 is 0 Å². The van der Waals surface area contributed by atoms with Crippen LogP contribution in [0.1, 0.15) is 37.6 Å². The predicted octanol–water partition coefficient (Wildman–Crippen LogP) is 3.30. The molecule has 0 saturated heterocycles. The molecule has 1 saturated carbocycles. The van der Waals surface area contributed by atoms with E-state index in [9.17, 15) is 0 Å². The summed E-state index contributed by atoms with van der Waals surface area (Å²) in [6.07, 6.45) is 3.99. The average molecular weight is 204 g/mol. The van der Waals surface area contributed by atoms with Crippen LogP contribution in [0, 0.1) is 19.8 Å². The number of aryl methyl sites for hydroxylation is 2. The molecule has 1 N–H and O–H groups in total. The standard InChI is InChI=1S/C13H20N2/c1-4-12(11-6-7-11)15-13-8-5-9(2)14-10(13)3/h5,8,11-12,15H,4,6-7H2,1-3H3. The normalized spacial score (nSPS) is 17.5. The van der Waals surface area contributed by atoms with Gasteiger partial charge in [-0.25, -0.2) is 0 Å². The average Bonchev–Trinajstić information content (AvgIpc) is 3.00. The second kappa shape index (κ2) is 4.21. The SMILES string of the molecule is CCC(Nc1ccc(C)nc1C)C1CC1. The molecule has 15 heavy (non-hydrogen) atoms. The zero-order valence-corrected chi connectivity index (χ0v) is 9.88. The van der Waals surface area contributed by atoms with Crippen LogP contribution in [0.5, 0.6) is 0 Å². The number of rotatable bonds is 4. The summed E-state index contributed by atoms with van der Waals surface area (Å²) in [4.78, 5) is 4.48.